The number of imidazole rings is 1. The molecule has 39 heavy (non-hydrogen) atoms. The number of pyridine rings is 1. The molecule has 1 aliphatic rings. The molecule has 0 aliphatic carbocycles. The minimum Gasteiger partial charge on any atom is -0.507 e. The lowest BCUT2D eigenvalue weighted by atomic mass is 9.97. The Kier molecular flexibility index (Phi) is 8.68. The van der Waals surface area contributed by atoms with E-state index in [1.54, 1.807) is 49.8 Å². The number of hydrogen-bond acceptors (Lipinski definition) is 6. The van der Waals surface area contributed by atoms with Gasteiger partial charge in [0.25, 0.3) is 0 Å². The van der Waals surface area contributed by atoms with Gasteiger partial charge in [0.15, 0.2) is 0 Å². The van der Waals surface area contributed by atoms with Gasteiger partial charge < -0.3 is 25.2 Å². The van der Waals surface area contributed by atoms with Crippen molar-refractivity contribution in [2.24, 2.45) is 7.05 Å². The van der Waals surface area contributed by atoms with E-state index in [2.05, 4.69) is 20.5 Å². The molecule has 1 aliphatic heterocycles. The number of anilines is 2. The van der Waals surface area contributed by atoms with Gasteiger partial charge in [-0.3, -0.25) is 9.36 Å². The van der Waals surface area contributed by atoms with Crippen LogP contribution in [0, 0.1) is 5.82 Å². The maximum absolute atomic E-state index is 14.9. The SMILES string of the molecule is CC.Cn1ccn(-c2ccc(-c3cc(F)cc(-c4cc(NC=O)nc(N5CCNCC5)c4)c3O)cc2Cl)c1=O. The number of nitrogens with zero attached hydrogens (tertiary/aromatic N) is 4. The molecular weight excluding hydrogens is 523 g/mol. The van der Waals surface area contributed by atoms with Crippen LogP contribution in [0.2, 0.25) is 5.02 Å². The van der Waals surface area contributed by atoms with Gasteiger partial charge in [-0.15, -0.1) is 0 Å². The maximum Gasteiger partial charge on any atom is 0.332 e. The molecule has 9 nitrogen and oxygen atoms in total. The van der Waals surface area contributed by atoms with Gasteiger partial charge in [0.2, 0.25) is 6.41 Å². The lowest BCUT2D eigenvalue weighted by Crippen LogP contribution is -2.43. The number of carbonyl (C=O) groups excluding carboxylic acids is 1. The Bertz CT molecular complexity index is 1550. The number of phenols is 1. The fourth-order valence-corrected chi connectivity index (χ4v) is 4.69. The van der Waals surface area contributed by atoms with Crippen molar-refractivity contribution < 1.29 is 14.3 Å². The molecule has 3 N–H and O–H groups in total. The van der Waals surface area contributed by atoms with E-state index in [-0.39, 0.29) is 33.4 Å². The summed E-state index contributed by atoms with van der Waals surface area (Å²) in [7, 11) is 1.64. The highest BCUT2D eigenvalue weighted by Gasteiger charge is 2.19. The predicted molar refractivity (Wildman–Crippen MR) is 152 cm³/mol. The first-order valence-corrected chi connectivity index (χ1v) is 13.0. The smallest absolute Gasteiger partial charge is 0.332 e. The van der Waals surface area contributed by atoms with Crippen LogP contribution in [0.1, 0.15) is 13.8 Å². The zero-order valence-electron chi connectivity index (χ0n) is 21.9. The monoisotopic (exact) mass is 552 g/mol. The molecule has 2 aromatic carbocycles. The Hall–Kier alpha value is -4.15. The molecule has 3 heterocycles. The first-order valence-electron chi connectivity index (χ1n) is 12.6. The van der Waals surface area contributed by atoms with Crippen LogP contribution in [0.4, 0.5) is 16.0 Å². The largest absolute Gasteiger partial charge is 0.507 e. The zero-order chi connectivity index (χ0) is 28.1. The van der Waals surface area contributed by atoms with Gasteiger partial charge in [0, 0.05) is 56.7 Å². The van der Waals surface area contributed by atoms with Gasteiger partial charge in [0.1, 0.15) is 23.2 Å². The Morgan fingerprint density at radius 2 is 1.74 bits per heavy atom. The minimum absolute atomic E-state index is 0.156. The number of aryl methyl sites for hydroxylation is 1. The molecule has 0 spiro atoms. The minimum atomic E-state index is -0.562. The van der Waals surface area contributed by atoms with E-state index >= 15 is 0 Å². The molecule has 0 radical (unpaired) electrons. The van der Waals surface area contributed by atoms with E-state index in [0.29, 0.717) is 42.1 Å². The summed E-state index contributed by atoms with van der Waals surface area (Å²) in [5.74, 6) is 0.172. The zero-order valence-corrected chi connectivity index (χ0v) is 22.7. The summed E-state index contributed by atoms with van der Waals surface area (Å²) in [6.07, 6.45) is 3.74. The van der Waals surface area contributed by atoms with Crippen molar-refractivity contribution >= 4 is 29.6 Å². The molecule has 1 saturated heterocycles. The predicted octanol–water partition coefficient (Wildman–Crippen LogP) is 4.41. The third kappa shape index (κ3) is 5.81. The molecule has 1 amide bonds. The lowest BCUT2D eigenvalue weighted by Gasteiger charge is -2.29. The fraction of sp³-hybridized carbons (Fsp3) is 0.250. The van der Waals surface area contributed by atoms with Crippen LogP contribution >= 0.6 is 11.6 Å². The van der Waals surface area contributed by atoms with Crippen molar-refractivity contribution in [2.75, 3.05) is 36.4 Å². The first kappa shape index (κ1) is 27.9. The van der Waals surface area contributed by atoms with E-state index in [1.165, 1.54) is 21.3 Å². The van der Waals surface area contributed by atoms with Crippen molar-refractivity contribution in [2.45, 2.75) is 13.8 Å². The first-order chi connectivity index (χ1) is 18.9. The average Bonchev–Trinajstić information content (AvgIpc) is 3.28. The summed E-state index contributed by atoms with van der Waals surface area (Å²) < 4.78 is 17.7. The number of phenolic OH excluding ortho intramolecular Hbond substituents is 1. The molecule has 1 fully saturated rings. The molecule has 0 saturated carbocycles. The lowest BCUT2D eigenvalue weighted by molar-refractivity contribution is -0.105. The Balaban J connectivity index is 0.00000172. The molecule has 5 rings (SSSR count). The van der Waals surface area contributed by atoms with Gasteiger partial charge in [0.05, 0.1) is 10.7 Å². The van der Waals surface area contributed by atoms with E-state index < -0.39 is 5.82 Å². The number of piperazine rings is 1. The standard InChI is InChI=1S/C26H24ClFN6O3.C2H6/c1-32-8-9-34(26(32)37)22-3-2-16(10-21(22)27)19-13-18(28)14-20(25(19)36)17-11-23(30-15-35)31-24(12-17)33-6-4-29-5-7-33;1-2/h2-3,8-15,29,36H,4-7H2,1H3,(H,30,31,35);1-2H3. The molecule has 0 unspecified atom stereocenters. The van der Waals surface area contributed by atoms with Crippen LogP contribution in [0.5, 0.6) is 5.75 Å². The number of amides is 1. The molecule has 204 valence electrons. The maximum atomic E-state index is 14.9. The number of benzene rings is 2. The summed E-state index contributed by atoms with van der Waals surface area (Å²) in [5, 5.41) is 17.4. The van der Waals surface area contributed by atoms with Gasteiger partial charge in [-0.25, -0.2) is 14.2 Å². The van der Waals surface area contributed by atoms with Crippen LogP contribution in [0.15, 0.2) is 59.7 Å². The summed E-state index contributed by atoms with van der Waals surface area (Å²) in [6.45, 7) is 6.99. The van der Waals surface area contributed by atoms with E-state index in [4.69, 9.17) is 11.6 Å². The molecule has 0 bridgehead atoms. The van der Waals surface area contributed by atoms with Crippen LogP contribution in [-0.2, 0) is 11.8 Å². The number of nitrogens with one attached hydrogen (secondary N) is 2. The van der Waals surface area contributed by atoms with Crippen LogP contribution < -0.4 is 21.2 Å². The Labute approximate surface area is 230 Å². The van der Waals surface area contributed by atoms with E-state index in [9.17, 15) is 19.1 Å². The highest BCUT2D eigenvalue weighted by Crippen LogP contribution is 2.41. The van der Waals surface area contributed by atoms with Crippen LogP contribution in [-0.4, -0.2) is 51.8 Å². The Morgan fingerprint density at radius 3 is 2.36 bits per heavy atom. The fourth-order valence-electron chi connectivity index (χ4n) is 4.42. The van der Waals surface area contributed by atoms with Gasteiger partial charge in [-0.2, -0.15) is 0 Å². The van der Waals surface area contributed by atoms with Gasteiger partial charge >= 0.3 is 5.69 Å². The van der Waals surface area contributed by atoms with Crippen molar-refractivity contribution in [3.8, 4) is 33.7 Å². The number of aromatic hydroxyl groups is 1. The number of carbonyl (C=O) groups is 1. The highest BCUT2D eigenvalue weighted by molar-refractivity contribution is 6.32. The van der Waals surface area contributed by atoms with Crippen LogP contribution in [0.3, 0.4) is 0 Å². The topological polar surface area (TPSA) is 104 Å². The second kappa shape index (κ2) is 12.1. The van der Waals surface area contributed by atoms with Gasteiger partial charge in [-0.1, -0.05) is 31.5 Å². The summed E-state index contributed by atoms with van der Waals surface area (Å²) >= 11 is 6.50. The van der Waals surface area contributed by atoms with E-state index in [1.807, 2.05) is 13.8 Å². The number of hydrogen-bond donors (Lipinski definition) is 3. The molecule has 11 heteroatoms. The second-order valence-electron chi connectivity index (χ2n) is 8.68. The third-order valence-electron chi connectivity index (χ3n) is 6.31. The van der Waals surface area contributed by atoms with Gasteiger partial charge in [-0.05, 0) is 47.5 Å². The summed E-state index contributed by atoms with van der Waals surface area (Å²) in [6, 6.07) is 10.7. The third-order valence-corrected chi connectivity index (χ3v) is 6.61. The van der Waals surface area contributed by atoms with Crippen molar-refractivity contribution in [1.29, 1.82) is 0 Å². The van der Waals surface area contributed by atoms with Crippen LogP contribution in [0.25, 0.3) is 27.9 Å². The van der Waals surface area contributed by atoms with Crippen molar-refractivity contribution in [3.63, 3.8) is 0 Å². The number of rotatable bonds is 6. The number of aromatic nitrogens is 3. The summed E-state index contributed by atoms with van der Waals surface area (Å²) in [5.41, 5.74) is 1.63. The molecule has 2 aromatic heterocycles. The highest BCUT2D eigenvalue weighted by atomic mass is 35.5. The van der Waals surface area contributed by atoms with Crippen molar-refractivity contribution in [3.05, 3.63) is 76.2 Å². The van der Waals surface area contributed by atoms with E-state index in [0.717, 1.165) is 13.1 Å². The summed E-state index contributed by atoms with van der Waals surface area (Å²) in [4.78, 5) is 30.0. The average molecular weight is 553 g/mol. The quantitative estimate of drug-likeness (QED) is 0.306. The molecule has 0 atom stereocenters. The normalized spacial score (nSPS) is 13.0. The molecule has 4 aromatic rings. The molecular formula is C28H30ClFN6O3. The second-order valence-corrected chi connectivity index (χ2v) is 9.08. The Morgan fingerprint density at radius 1 is 1.05 bits per heavy atom. The van der Waals surface area contributed by atoms with Crippen molar-refractivity contribution in [1.82, 2.24) is 19.4 Å². The number of halogens is 2.